The summed E-state index contributed by atoms with van der Waals surface area (Å²) in [4.78, 5) is 28.1. The predicted octanol–water partition coefficient (Wildman–Crippen LogP) is 6.33. The number of rotatable bonds is 19. The molecule has 41 heavy (non-hydrogen) atoms. The second kappa shape index (κ2) is 22.6. The zero-order chi connectivity index (χ0) is 30.3. The lowest BCUT2D eigenvalue weighted by molar-refractivity contribution is 0.0475. The van der Waals surface area contributed by atoms with E-state index in [1.54, 1.807) is 36.4 Å². The smallest absolute Gasteiger partial charge is 0.338 e. The number of nitrogens with two attached hydrogens (primary N) is 1. The Morgan fingerprint density at radius 2 is 1.17 bits per heavy atom. The maximum atomic E-state index is 11.9. The topological polar surface area (TPSA) is 97.1 Å². The highest BCUT2D eigenvalue weighted by Gasteiger charge is 2.09. The van der Waals surface area contributed by atoms with Gasteiger partial charge in [-0.2, -0.15) is 0 Å². The van der Waals surface area contributed by atoms with Crippen LogP contribution in [0.4, 0.5) is 11.4 Å². The summed E-state index contributed by atoms with van der Waals surface area (Å²) in [5.74, 6) is -0.532. The molecule has 2 aromatic carbocycles. The van der Waals surface area contributed by atoms with Gasteiger partial charge in [-0.25, -0.2) is 9.59 Å². The largest absolute Gasteiger partial charge is 0.462 e. The summed E-state index contributed by atoms with van der Waals surface area (Å²) in [6.45, 7) is 12.5. The van der Waals surface area contributed by atoms with Crippen LogP contribution in [0.15, 0.2) is 48.5 Å². The molecule has 8 nitrogen and oxygen atoms in total. The molecular formula is C33H54N4O4. The van der Waals surface area contributed by atoms with Crippen LogP contribution in [0.5, 0.6) is 0 Å². The fourth-order valence-corrected chi connectivity index (χ4v) is 3.79. The zero-order valence-corrected chi connectivity index (χ0v) is 26.1. The van der Waals surface area contributed by atoms with E-state index in [1.807, 2.05) is 31.1 Å². The van der Waals surface area contributed by atoms with Crippen LogP contribution in [-0.4, -0.2) is 81.8 Å². The van der Waals surface area contributed by atoms with Gasteiger partial charge in [0.2, 0.25) is 0 Å². The van der Waals surface area contributed by atoms with Crippen LogP contribution in [-0.2, 0) is 9.47 Å². The molecule has 0 aliphatic rings. The van der Waals surface area contributed by atoms with Crippen molar-refractivity contribution in [2.45, 2.75) is 65.7 Å². The van der Waals surface area contributed by atoms with Crippen molar-refractivity contribution >= 4 is 23.3 Å². The highest BCUT2D eigenvalue weighted by Crippen LogP contribution is 2.11. The molecule has 0 saturated carbocycles. The third kappa shape index (κ3) is 17.3. The summed E-state index contributed by atoms with van der Waals surface area (Å²) >= 11 is 0. The molecule has 0 spiro atoms. The third-order valence-corrected chi connectivity index (χ3v) is 6.41. The van der Waals surface area contributed by atoms with Gasteiger partial charge < -0.3 is 30.3 Å². The van der Waals surface area contributed by atoms with Gasteiger partial charge in [0.05, 0.1) is 17.7 Å². The lowest BCUT2D eigenvalue weighted by atomic mass is 10.2. The number of hydrogen-bond acceptors (Lipinski definition) is 8. The molecule has 2 aromatic rings. The Balaban J connectivity index is 0.000000414. The number of hydrogen-bond donors (Lipinski definition) is 2. The van der Waals surface area contributed by atoms with E-state index in [0.717, 1.165) is 51.3 Å². The van der Waals surface area contributed by atoms with Crippen molar-refractivity contribution in [3.05, 3.63) is 59.7 Å². The van der Waals surface area contributed by atoms with E-state index in [-0.39, 0.29) is 11.9 Å². The number of ether oxygens (including phenoxy) is 2. The fourth-order valence-electron chi connectivity index (χ4n) is 3.79. The SMILES string of the molecule is CCCCN(CCCC)CCCOC(=O)c1ccc(N)cc1.CCCCNc1ccc(C(=O)OCCN(C)C)cc1. The summed E-state index contributed by atoms with van der Waals surface area (Å²) < 4.78 is 10.5. The first kappa shape index (κ1) is 35.9. The quantitative estimate of drug-likeness (QED) is 0.115. The number of likely N-dealkylation sites (N-methyl/N-ethyl adjacent to an activating group) is 1. The maximum Gasteiger partial charge on any atom is 0.338 e. The first-order chi connectivity index (χ1) is 19.8. The molecular weight excluding hydrogens is 516 g/mol. The third-order valence-electron chi connectivity index (χ3n) is 6.41. The molecule has 3 N–H and O–H groups in total. The molecule has 0 unspecified atom stereocenters. The summed E-state index contributed by atoms with van der Waals surface area (Å²) in [5.41, 5.74) is 8.45. The highest BCUT2D eigenvalue weighted by atomic mass is 16.5. The van der Waals surface area contributed by atoms with Crippen LogP contribution in [0.3, 0.4) is 0 Å². The molecule has 0 fully saturated rings. The van der Waals surface area contributed by atoms with Gasteiger partial charge in [-0.05, 0) is 101 Å². The van der Waals surface area contributed by atoms with Crippen LogP contribution in [0.2, 0.25) is 0 Å². The number of carbonyl (C=O) groups is 2. The Labute approximate surface area is 248 Å². The molecule has 2 rings (SSSR count). The van der Waals surface area contributed by atoms with Gasteiger partial charge in [0, 0.05) is 31.0 Å². The average molecular weight is 571 g/mol. The van der Waals surface area contributed by atoms with E-state index < -0.39 is 0 Å². The van der Waals surface area contributed by atoms with Crippen molar-refractivity contribution in [1.82, 2.24) is 9.80 Å². The molecule has 0 radical (unpaired) electrons. The van der Waals surface area contributed by atoms with Crippen LogP contribution in [0.1, 0.15) is 86.4 Å². The van der Waals surface area contributed by atoms with Crippen molar-refractivity contribution < 1.29 is 19.1 Å². The van der Waals surface area contributed by atoms with E-state index in [2.05, 4.69) is 31.0 Å². The van der Waals surface area contributed by atoms with Gasteiger partial charge in [-0.3, -0.25) is 0 Å². The standard InChI is InChI=1S/C18H30N2O2.C15H24N2O2/c1-3-5-12-20(13-6-4-2)14-7-15-22-18(21)16-8-10-17(19)11-9-16;1-4-5-10-16-14-8-6-13(7-9-14)15(18)19-12-11-17(2)3/h8-11H,3-7,12-15,19H2,1-2H3;6-9,16H,4-5,10-12H2,1-3H3. The molecule has 0 saturated heterocycles. The van der Waals surface area contributed by atoms with Crippen molar-refractivity contribution in [2.24, 2.45) is 0 Å². The predicted molar refractivity (Wildman–Crippen MR) is 171 cm³/mol. The van der Waals surface area contributed by atoms with Gasteiger partial charge in [-0.15, -0.1) is 0 Å². The number of esters is 2. The van der Waals surface area contributed by atoms with E-state index in [1.165, 1.54) is 32.1 Å². The number of unbranched alkanes of at least 4 members (excludes halogenated alkanes) is 3. The molecule has 0 bridgehead atoms. The number of anilines is 2. The molecule has 8 heteroatoms. The summed E-state index contributed by atoms with van der Waals surface area (Å²) in [7, 11) is 3.90. The summed E-state index contributed by atoms with van der Waals surface area (Å²) in [5, 5.41) is 3.31. The van der Waals surface area contributed by atoms with Crippen molar-refractivity contribution in [3.63, 3.8) is 0 Å². The van der Waals surface area contributed by atoms with Gasteiger partial charge in [0.25, 0.3) is 0 Å². The minimum Gasteiger partial charge on any atom is -0.462 e. The fraction of sp³-hybridized carbons (Fsp3) is 0.576. The van der Waals surface area contributed by atoms with E-state index in [0.29, 0.717) is 30.0 Å². The van der Waals surface area contributed by atoms with Crippen molar-refractivity contribution in [3.8, 4) is 0 Å². The Bertz CT molecular complexity index is 941. The van der Waals surface area contributed by atoms with E-state index in [4.69, 9.17) is 15.2 Å². The maximum absolute atomic E-state index is 11.9. The monoisotopic (exact) mass is 570 g/mol. The minimum atomic E-state index is -0.270. The number of carbonyl (C=O) groups excluding carboxylic acids is 2. The Hall–Kier alpha value is -3.10. The second-order valence-corrected chi connectivity index (χ2v) is 10.5. The summed E-state index contributed by atoms with van der Waals surface area (Å²) in [6, 6.07) is 14.3. The molecule has 0 aliphatic carbocycles. The van der Waals surface area contributed by atoms with Gasteiger partial charge in [0.15, 0.2) is 0 Å². The van der Waals surface area contributed by atoms with Crippen LogP contribution in [0, 0.1) is 0 Å². The first-order valence-corrected chi connectivity index (χ1v) is 15.2. The van der Waals surface area contributed by atoms with E-state index in [9.17, 15) is 9.59 Å². The number of nitrogens with zero attached hydrogens (tertiary/aromatic N) is 2. The number of nitrogen functional groups attached to an aromatic ring is 1. The summed E-state index contributed by atoms with van der Waals surface area (Å²) in [6.07, 6.45) is 8.10. The van der Waals surface area contributed by atoms with Crippen molar-refractivity contribution in [1.29, 1.82) is 0 Å². The highest BCUT2D eigenvalue weighted by molar-refractivity contribution is 5.90. The average Bonchev–Trinajstić information content (AvgIpc) is 2.97. The Kier molecular flexibility index (Phi) is 19.8. The van der Waals surface area contributed by atoms with Crippen LogP contribution < -0.4 is 11.1 Å². The van der Waals surface area contributed by atoms with Crippen LogP contribution >= 0.6 is 0 Å². The lowest BCUT2D eigenvalue weighted by Crippen LogP contribution is -2.28. The Morgan fingerprint density at radius 3 is 1.68 bits per heavy atom. The molecule has 0 aromatic heterocycles. The normalized spacial score (nSPS) is 10.7. The van der Waals surface area contributed by atoms with Gasteiger partial charge in [-0.1, -0.05) is 40.0 Å². The lowest BCUT2D eigenvalue weighted by Gasteiger charge is -2.21. The zero-order valence-electron chi connectivity index (χ0n) is 26.1. The molecule has 0 heterocycles. The first-order valence-electron chi connectivity index (χ1n) is 15.2. The van der Waals surface area contributed by atoms with Gasteiger partial charge in [0.1, 0.15) is 6.61 Å². The van der Waals surface area contributed by atoms with Crippen LogP contribution in [0.25, 0.3) is 0 Å². The molecule has 0 aliphatic heterocycles. The minimum absolute atomic E-state index is 0.262. The van der Waals surface area contributed by atoms with Crippen molar-refractivity contribution in [2.75, 3.05) is 71.1 Å². The molecule has 0 amide bonds. The number of nitrogens with one attached hydrogen (secondary N) is 1. The van der Waals surface area contributed by atoms with Gasteiger partial charge >= 0.3 is 11.9 Å². The molecule has 0 atom stereocenters. The Morgan fingerprint density at radius 1 is 0.683 bits per heavy atom. The molecule has 230 valence electrons. The second-order valence-electron chi connectivity index (χ2n) is 10.5. The van der Waals surface area contributed by atoms with E-state index >= 15 is 0 Å². The number of benzene rings is 2.